The average Bonchev–Trinajstić information content (AvgIpc) is 2.94. The van der Waals surface area contributed by atoms with E-state index in [4.69, 9.17) is 0 Å². The molecule has 1 amide bonds. The SMILES string of the molecule is O=C(O)[C@H]1CN(C(=O)c2cncs2)CC12CNC2. The minimum atomic E-state index is -0.809. The Kier molecular flexibility index (Phi) is 2.60. The van der Waals surface area contributed by atoms with E-state index in [9.17, 15) is 14.7 Å². The largest absolute Gasteiger partial charge is 0.481 e. The fourth-order valence-electron chi connectivity index (χ4n) is 2.75. The van der Waals surface area contributed by atoms with E-state index in [1.807, 2.05) is 0 Å². The highest BCUT2D eigenvalue weighted by Gasteiger charge is 2.55. The third kappa shape index (κ3) is 1.62. The minimum Gasteiger partial charge on any atom is -0.481 e. The zero-order valence-corrected chi connectivity index (χ0v) is 10.4. The lowest BCUT2D eigenvalue weighted by Crippen LogP contribution is -2.59. The molecule has 0 aliphatic carbocycles. The normalized spacial score (nSPS) is 25.1. The molecule has 18 heavy (non-hydrogen) atoms. The average molecular weight is 267 g/mol. The number of carboxylic acids is 1. The van der Waals surface area contributed by atoms with Gasteiger partial charge in [-0.15, -0.1) is 11.3 Å². The van der Waals surface area contributed by atoms with Crippen molar-refractivity contribution in [2.45, 2.75) is 0 Å². The fourth-order valence-corrected chi connectivity index (χ4v) is 3.33. The third-order valence-corrected chi connectivity index (χ3v) is 4.59. The molecular weight excluding hydrogens is 254 g/mol. The van der Waals surface area contributed by atoms with Gasteiger partial charge in [-0.2, -0.15) is 0 Å². The van der Waals surface area contributed by atoms with Crippen LogP contribution in [0.4, 0.5) is 0 Å². The standard InChI is InChI=1S/C11H13N3O3S/c15-9(8-1-12-6-18-8)14-2-7(10(16)17)11(5-14)3-13-4-11/h1,6-7,13H,2-5H2,(H,16,17)/t7-/m1/s1. The van der Waals surface area contributed by atoms with Crippen molar-refractivity contribution in [2.24, 2.45) is 11.3 Å². The highest BCUT2D eigenvalue weighted by molar-refractivity contribution is 7.11. The van der Waals surface area contributed by atoms with Crippen LogP contribution in [-0.2, 0) is 4.79 Å². The molecule has 0 unspecified atom stereocenters. The van der Waals surface area contributed by atoms with Gasteiger partial charge in [-0.05, 0) is 0 Å². The number of amides is 1. The Morgan fingerprint density at radius 3 is 2.78 bits per heavy atom. The number of likely N-dealkylation sites (tertiary alicyclic amines) is 1. The Bertz CT molecular complexity index is 484. The van der Waals surface area contributed by atoms with E-state index in [1.54, 1.807) is 10.4 Å². The number of hydrogen-bond acceptors (Lipinski definition) is 5. The lowest BCUT2D eigenvalue weighted by atomic mass is 9.73. The van der Waals surface area contributed by atoms with Crippen molar-refractivity contribution in [1.82, 2.24) is 15.2 Å². The Morgan fingerprint density at radius 2 is 2.33 bits per heavy atom. The molecule has 7 heteroatoms. The Labute approximate surface area is 108 Å². The Hall–Kier alpha value is -1.47. The van der Waals surface area contributed by atoms with Gasteiger partial charge in [0.15, 0.2) is 0 Å². The number of nitrogens with zero attached hydrogens (tertiary/aromatic N) is 2. The third-order valence-electron chi connectivity index (χ3n) is 3.83. The zero-order valence-electron chi connectivity index (χ0n) is 9.63. The molecule has 0 saturated carbocycles. The number of rotatable bonds is 2. The van der Waals surface area contributed by atoms with Crippen LogP contribution >= 0.6 is 11.3 Å². The molecule has 0 aromatic carbocycles. The second-order valence-electron chi connectivity index (χ2n) is 4.91. The number of carboxylic acid groups (broad SMARTS) is 1. The number of carbonyl (C=O) groups is 2. The van der Waals surface area contributed by atoms with Gasteiger partial charge in [0.25, 0.3) is 5.91 Å². The van der Waals surface area contributed by atoms with Crippen LogP contribution in [0.2, 0.25) is 0 Å². The van der Waals surface area contributed by atoms with Gasteiger partial charge in [-0.25, -0.2) is 0 Å². The molecule has 6 nitrogen and oxygen atoms in total. The maximum absolute atomic E-state index is 12.2. The van der Waals surface area contributed by atoms with Crippen LogP contribution in [0.1, 0.15) is 9.67 Å². The molecule has 2 fully saturated rings. The van der Waals surface area contributed by atoms with Crippen molar-refractivity contribution >= 4 is 23.2 Å². The predicted molar refractivity (Wildman–Crippen MR) is 64.4 cm³/mol. The van der Waals surface area contributed by atoms with Crippen LogP contribution in [0.3, 0.4) is 0 Å². The molecular formula is C11H13N3O3S. The summed E-state index contributed by atoms with van der Waals surface area (Å²) in [5.41, 5.74) is 1.34. The first-order valence-corrected chi connectivity index (χ1v) is 6.62. The van der Waals surface area contributed by atoms with Crippen molar-refractivity contribution in [1.29, 1.82) is 0 Å². The molecule has 1 aromatic rings. The molecule has 3 heterocycles. The van der Waals surface area contributed by atoms with E-state index in [2.05, 4.69) is 10.3 Å². The summed E-state index contributed by atoms with van der Waals surface area (Å²) in [4.78, 5) is 29.6. The minimum absolute atomic E-state index is 0.104. The first kappa shape index (κ1) is 11.6. The number of aliphatic carboxylic acids is 1. The van der Waals surface area contributed by atoms with Crippen molar-refractivity contribution in [3.8, 4) is 0 Å². The van der Waals surface area contributed by atoms with Crippen LogP contribution < -0.4 is 5.32 Å². The summed E-state index contributed by atoms with van der Waals surface area (Å²) >= 11 is 1.29. The van der Waals surface area contributed by atoms with Gasteiger partial charge in [0.2, 0.25) is 0 Å². The van der Waals surface area contributed by atoms with Crippen molar-refractivity contribution in [2.75, 3.05) is 26.2 Å². The summed E-state index contributed by atoms with van der Waals surface area (Å²) in [6.07, 6.45) is 1.53. The van der Waals surface area contributed by atoms with Gasteiger partial charge in [0.05, 0.1) is 17.6 Å². The Balaban J connectivity index is 1.81. The maximum Gasteiger partial charge on any atom is 0.309 e. The Morgan fingerprint density at radius 1 is 1.56 bits per heavy atom. The maximum atomic E-state index is 12.2. The molecule has 0 bridgehead atoms. The quantitative estimate of drug-likeness (QED) is 0.781. The lowest BCUT2D eigenvalue weighted by molar-refractivity contribution is -0.145. The predicted octanol–water partition coefficient (Wildman–Crippen LogP) is -0.111. The molecule has 2 aliphatic heterocycles. The second-order valence-corrected chi connectivity index (χ2v) is 5.79. The van der Waals surface area contributed by atoms with E-state index >= 15 is 0 Å². The number of carbonyl (C=O) groups excluding carboxylic acids is 1. The monoisotopic (exact) mass is 267 g/mol. The van der Waals surface area contributed by atoms with E-state index in [-0.39, 0.29) is 11.3 Å². The van der Waals surface area contributed by atoms with E-state index in [0.29, 0.717) is 31.1 Å². The first-order valence-electron chi connectivity index (χ1n) is 5.74. The van der Waals surface area contributed by atoms with E-state index in [0.717, 1.165) is 0 Å². The molecule has 1 spiro atoms. The van der Waals surface area contributed by atoms with Crippen molar-refractivity contribution in [3.05, 3.63) is 16.6 Å². The van der Waals surface area contributed by atoms with Crippen LogP contribution in [0.5, 0.6) is 0 Å². The molecule has 1 aromatic heterocycles. The van der Waals surface area contributed by atoms with Crippen LogP contribution in [-0.4, -0.2) is 53.0 Å². The van der Waals surface area contributed by atoms with Gasteiger partial charge >= 0.3 is 5.97 Å². The molecule has 3 rings (SSSR count). The highest BCUT2D eigenvalue weighted by atomic mass is 32.1. The molecule has 2 aliphatic rings. The van der Waals surface area contributed by atoms with Crippen molar-refractivity contribution < 1.29 is 14.7 Å². The summed E-state index contributed by atoms with van der Waals surface area (Å²) in [7, 11) is 0. The summed E-state index contributed by atoms with van der Waals surface area (Å²) in [5, 5.41) is 12.4. The van der Waals surface area contributed by atoms with Crippen LogP contribution in [0.25, 0.3) is 0 Å². The molecule has 0 radical (unpaired) electrons. The lowest BCUT2D eigenvalue weighted by Gasteiger charge is -2.41. The summed E-state index contributed by atoms with van der Waals surface area (Å²) < 4.78 is 0. The van der Waals surface area contributed by atoms with Crippen molar-refractivity contribution in [3.63, 3.8) is 0 Å². The number of hydrogen-bond donors (Lipinski definition) is 2. The number of aromatic nitrogens is 1. The van der Waals surface area contributed by atoms with Gasteiger partial charge < -0.3 is 15.3 Å². The summed E-state index contributed by atoms with van der Waals surface area (Å²) in [6, 6.07) is 0. The fraction of sp³-hybridized carbons (Fsp3) is 0.545. The molecule has 2 saturated heterocycles. The number of thiazole rings is 1. The van der Waals surface area contributed by atoms with E-state index < -0.39 is 11.9 Å². The summed E-state index contributed by atoms with van der Waals surface area (Å²) in [6.45, 7) is 2.17. The van der Waals surface area contributed by atoms with Crippen LogP contribution in [0.15, 0.2) is 11.7 Å². The van der Waals surface area contributed by atoms with Gasteiger partial charge in [0, 0.05) is 31.6 Å². The van der Waals surface area contributed by atoms with Gasteiger partial charge in [-0.3, -0.25) is 14.6 Å². The smallest absolute Gasteiger partial charge is 0.309 e. The second kappa shape index (κ2) is 4.03. The molecule has 96 valence electrons. The zero-order chi connectivity index (χ0) is 12.8. The van der Waals surface area contributed by atoms with Crippen LogP contribution in [0, 0.1) is 11.3 Å². The highest BCUT2D eigenvalue weighted by Crippen LogP contribution is 2.40. The molecule has 1 atom stereocenters. The topological polar surface area (TPSA) is 82.5 Å². The van der Waals surface area contributed by atoms with Gasteiger partial charge in [0.1, 0.15) is 4.88 Å². The first-order chi connectivity index (χ1) is 8.62. The summed E-state index contributed by atoms with van der Waals surface area (Å²) in [5.74, 6) is -1.38. The molecule has 2 N–H and O–H groups in total. The van der Waals surface area contributed by atoms with Gasteiger partial charge in [-0.1, -0.05) is 0 Å². The van der Waals surface area contributed by atoms with E-state index in [1.165, 1.54) is 17.5 Å². The number of nitrogens with one attached hydrogen (secondary N) is 1.